The van der Waals surface area contributed by atoms with Gasteiger partial charge in [0.05, 0.1) is 18.8 Å². The van der Waals surface area contributed by atoms with Crippen molar-refractivity contribution in [1.82, 2.24) is 25.1 Å². The summed E-state index contributed by atoms with van der Waals surface area (Å²) >= 11 is 3.31. The van der Waals surface area contributed by atoms with E-state index >= 15 is 0 Å². The van der Waals surface area contributed by atoms with Gasteiger partial charge >= 0.3 is 0 Å². The number of nitrogens with zero attached hydrogens (tertiary/aromatic N) is 5. The van der Waals surface area contributed by atoms with E-state index in [1.54, 1.807) is 27.4 Å². The molecule has 0 fully saturated rings. The molecule has 4 rings (SSSR count). The Morgan fingerprint density at radius 3 is 2.31 bits per heavy atom. The molecular formula is C18H15N5OS2. The van der Waals surface area contributed by atoms with Crippen molar-refractivity contribution in [3.05, 3.63) is 80.9 Å². The molecule has 0 aliphatic rings. The molecule has 0 atom stereocenters. The lowest BCUT2D eigenvalue weighted by Gasteiger charge is -2.22. The molecular weight excluding hydrogens is 366 g/mol. The van der Waals surface area contributed by atoms with Gasteiger partial charge in [0, 0.05) is 15.3 Å². The molecule has 0 unspecified atom stereocenters. The second kappa shape index (κ2) is 7.59. The van der Waals surface area contributed by atoms with Crippen LogP contribution in [-0.2, 0) is 13.1 Å². The van der Waals surface area contributed by atoms with Crippen molar-refractivity contribution in [2.75, 3.05) is 0 Å². The van der Waals surface area contributed by atoms with Crippen LogP contribution in [0.15, 0.2) is 65.6 Å². The highest BCUT2D eigenvalue weighted by atomic mass is 32.1. The molecule has 0 saturated heterocycles. The fraction of sp³-hybridized carbons (Fsp3) is 0.111. The van der Waals surface area contributed by atoms with E-state index < -0.39 is 0 Å². The van der Waals surface area contributed by atoms with Crippen molar-refractivity contribution in [2.45, 2.75) is 13.1 Å². The number of benzene rings is 1. The summed E-state index contributed by atoms with van der Waals surface area (Å²) in [5.74, 6) is -0.0123. The van der Waals surface area contributed by atoms with Crippen LogP contribution in [0.2, 0.25) is 0 Å². The standard InChI is InChI=1S/C18H15N5OS2/c24-18(14-4-1-5-15(10-14)23-13-19-20-21-23)22(11-16-6-2-8-25-16)12-17-7-3-9-26-17/h1-10,13H,11-12H2. The minimum absolute atomic E-state index is 0.0123. The minimum Gasteiger partial charge on any atom is -0.328 e. The zero-order chi connectivity index (χ0) is 17.8. The first kappa shape index (κ1) is 16.6. The summed E-state index contributed by atoms with van der Waals surface area (Å²) in [6.45, 7) is 1.17. The van der Waals surface area contributed by atoms with Gasteiger partial charge in [0.25, 0.3) is 5.91 Å². The summed E-state index contributed by atoms with van der Waals surface area (Å²) in [5, 5.41) is 15.2. The lowest BCUT2D eigenvalue weighted by Crippen LogP contribution is -2.29. The van der Waals surface area contributed by atoms with Crippen LogP contribution in [0.5, 0.6) is 0 Å². The van der Waals surface area contributed by atoms with Crippen LogP contribution in [0.25, 0.3) is 5.69 Å². The first-order valence-electron chi connectivity index (χ1n) is 7.97. The minimum atomic E-state index is -0.0123. The number of thiophene rings is 2. The number of carbonyl (C=O) groups is 1. The number of hydrogen-bond acceptors (Lipinski definition) is 6. The fourth-order valence-corrected chi connectivity index (χ4v) is 4.06. The molecule has 0 N–H and O–H groups in total. The third kappa shape index (κ3) is 3.71. The maximum Gasteiger partial charge on any atom is 0.254 e. The van der Waals surface area contributed by atoms with Gasteiger partial charge in [0.15, 0.2) is 0 Å². The Morgan fingerprint density at radius 1 is 1.00 bits per heavy atom. The van der Waals surface area contributed by atoms with Crippen LogP contribution in [0, 0.1) is 0 Å². The summed E-state index contributed by atoms with van der Waals surface area (Å²) in [6, 6.07) is 15.5. The second-order valence-corrected chi connectivity index (χ2v) is 7.69. The molecule has 0 aliphatic carbocycles. The summed E-state index contributed by atoms with van der Waals surface area (Å²) in [4.78, 5) is 17.4. The van der Waals surface area contributed by atoms with Gasteiger partial charge in [0.2, 0.25) is 0 Å². The molecule has 6 nitrogen and oxygen atoms in total. The first-order chi connectivity index (χ1) is 12.8. The van der Waals surface area contributed by atoms with E-state index in [0.29, 0.717) is 18.7 Å². The van der Waals surface area contributed by atoms with Crippen LogP contribution >= 0.6 is 22.7 Å². The third-order valence-electron chi connectivity index (χ3n) is 3.85. The van der Waals surface area contributed by atoms with Crippen LogP contribution in [-0.4, -0.2) is 31.0 Å². The van der Waals surface area contributed by atoms with Crippen molar-refractivity contribution in [2.24, 2.45) is 0 Å². The zero-order valence-electron chi connectivity index (χ0n) is 13.7. The Hall–Kier alpha value is -2.84. The van der Waals surface area contributed by atoms with Crippen molar-refractivity contribution in [3.63, 3.8) is 0 Å². The highest BCUT2D eigenvalue weighted by Gasteiger charge is 2.18. The average molecular weight is 381 g/mol. The van der Waals surface area contributed by atoms with Gasteiger partial charge in [-0.1, -0.05) is 18.2 Å². The van der Waals surface area contributed by atoms with E-state index in [1.807, 2.05) is 52.1 Å². The maximum absolute atomic E-state index is 13.2. The van der Waals surface area contributed by atoms with Crippen LogP contribution < -0.4 is 0 Å². The van der Waals surface area contributed by atoms with E-state index in [9.17, 15) is 4.79 Å². The molecule has 3 heterocycles. The van der Waals surface area contributed by atoms with Crippen LogP contribution in [0.4, 0.5) is 0 Å². The smallest absolute Gasteiger partial charge is 0.254 e. The van der Waals surface area contributed by atoms with Gasteiger partial charge in [-0.2, -0.15) is 0 Å². The molecule has 0 radical (unpaired) electrons. The Bertz CT molecular complexity index is 929. The molecule has 0 bridgehead atoms. The lowest BCUT2D eigenvalue weighted by molar-refractivity contribution is 0.0733. The topological polar surface area (TPSA) is 63.9 Å². The Morgan fingerprint density at radius 2 is 1.73 bits per heavy atom. The van der Waals surface area contributed by atoms with Crippen LogP contribution in [0.3, 0.4) is 0 Å². The predicted octanol–water partition coefficient (Wildman–Crippen LogP) is 3.63. The van der Waals surface area contributed by atoms with Gasteiger partial charge in [0.1, 0.15) is 6.33 Å². The summed E-state index contributed by atoms with van der Waals surface area (Å²) < 4.78 is 1.54. The SMILES string of the molecule is O=C(c1cccc(-n2cnnn2)c1)N(Cc1cccs1)Cc1cccs1. The number of aromatic nitrogens is 4. The lowest BCUT2D eigenvalue weighted by atomic mass is 10.1. The monoisotopic (exact) mass is 381 g/mol. The van der Waals surface area contributed by atoms with Gasteiger partial charge in [-0.3, -0.25) is 4.79 Å². The Kier molecular flexibility index (Phi) is 4.85. The van der Waals surface area contributed by atoms with Gasteiger partial charge in [-0.15, -0.1) is 27.8 Å². The summed E-state index contributed by atoms with van der Waals surface area (Å²) in [7, 11) is 0. The number of rotatable bonds is 6. The summed E-state index contributed by atoms with van der Waals surface area (Å²) in [6.07, 6.45) is 1.51. The van der Waals surface area contributed by atoms with E-state index in [4.69, 9.17) is 0 Å². The van der Waals surface area contributed by atoms with Crippen molar-refractivity contribution in [1.29, 1.82) is 0 Å². The number of amides is 1. The molecule has 0 aliphatic heterocycles. The van der Waals surface area contributed by atoms with E-state index in [1.165, 1.54) is 6.33 Å². The Balaban J connectivity index is 1.62. The molecule has 4 aromatic rings. The number of tetrazole rings is 1. The highest BCUT2D eigenvalue weighted by Crippen LogP contribution is 2.20. The van der Waals surface area contributed by atoms with Crippen molar-refractivity contribution >= 4 is 28.6 Å². The highest BCUT2D eigenvalue weighted by molar-refractivity contribution is 7.10. The fourth-order valence-electron chi connectivity index (χ4n) is 2.62. The Labute approximate surface area is 158 Å². The average Bonchev–Trinajstić information content (AvgIpc) is 3.43. The molecule has 0 spiro atoms. The van der Waals surface area contributed by atoms with Crippen LogP contribution in [0.1, 0.15) is 20.1 Å². The molecule has 0 saturated carbocycles. The predicted molar refractivity (Wildman–Crippen MR) is 101 cm³/mol. The van der Waals surface area contributed by atoms with Crippen molar-refractivity contribution in [3.8, 4) is 5.69 Å². The third-order valence-corrected chi connectivity index (χ3v) is 5.57. The van der Waals surface area contributed by atoms with Gasteiger partial charge < -0.3 is 4.90 Å². The normalized spacial score (nSPS) is 10.8. The van der Waals surface area contributed by atoms with Gasteiger partial charge in [-0.25, -0.2) is 4.68 Å². The molecule has 26 heavy (non-hydrogen) atoms. The number of hydrogen-bond donors (Lipinski definition) is 0. The largest absolute Gasteiger partial charge is 0.328 e. The number of carbonyl (C=O) groups excluding carboxylic acids is 1. The quantitative estimate of drug-likeness (QED) is 0.512. The van der Waals surface area contributed by atoms with E-state index in [0.717, 1.165) is 15.4 Å². The first-order valence-corrected chi connectivity index (χ1v) is 9.73. The zero-order valence-corrected chi connectivity index (χ0v) is 15.4. The molecule has 130 valence electrons. The molecule has 1 amide bonds. The summed E-state index contributed by atoms with van der Waals surface area (Å²) in [5.41, 5.74) is 1.37. The maximum atomic E-state index is 13.2. The van der Waals surface area contributed by atoms with Crippen molar-refractivity contribution < 1.29 is 4.79 Å². The van der Waals surface area contributed by atoms with E-state index in [2.05, 4.69) is 27.7 Å². The van der Waals surface area contributed by atoms with E-state index in [-0.39, 0.29) is 5.91 Å². The molecule has 3 aromatic heterocycles. The molecule has 1 aromatic carbocycles. The second-order valence-electron chi connectivity index (χ2n) is 5.62. The molecule has 8 heteroatoms. The van der Waals surface area contributed by atoms with Gasteiger partial charge in [-0.05, 0) is 51.5 Å².